The number of carbonyl (C=O) groups excluding carboxylic acids is 1. The Morgan fingerprint density at radius 2 is 2.04 bits per heavy atom. The first-order valence-electron chi connectivity index (χ1n) is 7.46. The van der Waals surface area contributed by atoms with Crippen LogP contribution in [0.25, 0.3) is 0 Å². The fourth-order valence-corrected chi connectivity index (χ4v) is 5.34. The molecule has 6 nitrogen and oxygen atoms in total. The highest BCUT2D eigenvalue weighted by Crippen LogP contribution is 2.30. The van der Waals surface area contributed by atoms with Gasteiger partial charge in [0.2, 0.25) is 10.0 Å². The Morgan fingerprint density at radius 1 is 1.32 bits per heavy atom. The molecule has 1 aromatic heterocycles. The van der Waals surface area contributed by atoms with E-state index >= 15 is 0 Å². The van der Waals surface area contributed by atoms with Crippen LogP contribution in [0.15, 0.2) is 40.6 Å². The van der Waals surface area contributed by atoms with Crippen molar-refractivity contribution in [3.8, 4) is 0 Å². The lowest BCUT2D eigenvalue weighted by atomic mass is 10.1. The molecule has 1 aliphatic rings. The van der Waals surface area contributed by atoms with E-state index in [9.17, 15) is 17.6 Å². The maximum atomic E-state index is 13.1. The summed E-state index contributed by atoms with van der Waals surface area (Å²) in [6.07, 6.45) is -0.496. The van der Waals surface area contributed by atoms with Gasteiger partial charge >= 0.3 is 5.97 Å². The summed E-state index contributed by atoms with van der Waals surface area (Å²) in [4.78, 5) is 11.8. The van der Waals surface area contributed by atoms with Crippen LogP contribution in [0.3, 0.4) is 0 Å². The van der Waals surface area contributed by atoms with Crippen molar-refractivity contribution in [2.24, 2.45) is 0 Å². The summed E-state index contributed by atoms with van der Waals surface area (Å²) in [6, 6.07) is 7.15. The molecule has 134 valence electrons. The minimum absolute atomic E-state index is 0.0484. The number of hydrogen-bond donors (Lipinski definition) is 0. The van der Waals surface area contributed by atoms with Gasteiger partial charge < -0.3 is 9.47 Å². The zero-order valence-corrected chi connectivity index (χ0v) is 15.0. The van der Waals surface area contributed by atoms with Crippen molar-refractivity contribution >= 4 is 27.3 Å². The molecule has 0 bridgehead atoms. The third kappa shape index (κ3) is 3.59. The standard InChI is InChI=1S/C16H16FNO5S2/c1-22-16(19)15-14(6-9-24-15)25(20,21)18-7-8-23-13(10-18)11-2-4-12(17)5-3-11/h2-6,9,13H,7-8,10H2,1H3/t13-/m1/s1. The lowest BCUT2D eigenvalue weighted by Gasteiger charge is -2.32. The van der Waals surface area contributed by atoms with E-state index in [1.54, 1.807) is 12.1 Å². The number of morpholine rings is 1. The van der Waals surface area contributed by atoms with Gasteiger partial charge in [-0.2, -0.15) is 4.31 Å². The van der Waals surface area contributed by atoms with Crippen LogP contribution in [0.5, 0.6) is 0 Å². The van der Waals surface area contributed by atoms with Gasteiger partial charge in [0.05, 0.1) is 19.8 Å². The number of halogens is 1. The highest BCUT2D eigenvalue weighted by Gasteiger charge is 2.34. The summed E-state index contributed by atoms with van der Waals surface area (Å²) in [6.45, 7) is 0.472. The van der Waals surface area contributed by atoms with Crippen molar-refractivity contribution in [1.82, 2.24) is 4.31 Å². The number of ether oxygens (including phenoxy) is 2. The summed E-state index contributed by atoms with van der Waals surface area (Å²) in [5.74, 6) is -1.05. The summed E-state index contributed by atoms with van der Waals surface area (Å²) < 4.78 is 50.5. The molecule has 1 aromatic carbocycles. The molecule has 1 aliphatic heterocycles. The average Bonchev–Trinajstić information content (AvgIpc) is 3.12. The molecule has 3 rings (SSSR count). The van der Waals surface area contributed by atoms with Gasteiger partial charge in [0.25, 0.3) is 0 Å². The van der Waals surface area contributed by atoms with E-state index in [-0.39, 0.29) is 35.3 Å². The van der Waals surface area contributed by atoms with E-state index in [4.69, 9.17) is 4.74 Å². The minimum Gasteiger partial charge on any atom is -0.465 e. The van der Waals surface area contributed by atoms with Crippen molar-refractivity contribution in [2.75, 3.05) is 26.8 Å². The average molecular weight is 385 g/mol. The number of carbonyl (C=O) groups is 1. The predicted molar refractivity (Wildman–Crippen MR) is 89.5 cm³/mol. The first-order valence-corrected chi connectivity index (χ1v) is 9.78. The van der Waals surface area contributed by atoms with Gasteiger partial charge in [-0.05, 0) is 29.1 Å². The van der Waals surface area contributed by atoms with Crippen LogP contribution in [0.4, 0.5) is 4.39 Å². The number of benzene rings is 1. The van der Waals surface area contributed by atoms with Gasteiger partial charge in [0.15, 0.2) is 0 Å². The molecule has 0 saturated carbocycles. The maximum Gasteiger partial charge on any atom is 0.349 e. The molecule has 1 fully saturated rings. The second-order valence-corrected chi connectivity index (χ2v) is 8.20. The maximum absolute atomic E-state index is 13.1. The molecular formula is C16H16FNO5S2. The van der Waals surface area contributed by atoms with E-state index in [0.29, 0.717) is 5.56 Å². The van der Waals surface area contributed by atoms with Crippen LogP contribution in [-0.2, 0) is 19.5 Å². The second kappa shape index (κ2) is 7.20. The number of esters is 1. The van der Waals surface area contributed by atoms with Crippen LogP contribution in [0, 0.1) is 5.82 Å². The van der Waals surface area contributed by atoms with Crippen LogP contribution in [0.2, 0.25) is 0 Å². The van der Waals surface area contributed by atoms with Gasteiger partial charge in [0, 0.05) is 13.1 Å². The molecular weight excluding hydrogens is 369 g/mol. The Kier molecular flexibility index (Phi) is 5.19. The highest BCUT2D eigenvalue weighted by atomic mass is 32.2. The molecule has 0 amide bonds. The Morgan fingerprint density at radius 3 is 2.72 bits per heavy atom. The summed E-state index contributed by atoms with van der Waals surface area (Å²) in [5, 5.41) is 1.54. The van der Waals surface area contributed by atoms with Gasteiger partial charge in [-0.1, -0.05) is 12.1 Å². The van der Waals surface area contributed by atoms with Crippen molar-refractivity contribution in [1.29, 1.82) is 0 Å². The topological polar surface area (TPSA) is 72.9 Å². The molecule has 0 N–H and O–H groups in total. The Labute approximate surface area is 148 Å². The number of sulfonamides is 1. The quantitative estimate of drug-likeness (QED) is 0.756. The largest absolute Gasteiger partial charge is 0.465 e. The van der Waals surface area contributed by atoms with Gasteiger partial charge in [0.1, 0.15) is 15.6 Å². The SMILES string of the molecule is COC(=O)c1sccc1S(=O)(=O)N1CCO[C@@H](c2ccc(F)cc2)C1. The molecule has 9 heteroatoms. The van der Waals surface area contributed by atoms with Crippen LogP contribution >= 0.6 is 11.3 Å². The Balaban J connectivity index is 1.86. The lowest BCUT2D eigenvalue weighted by Crippen LogP contribution is -2.42. The summed E-state index contributed by atoms with van der Waals surface area (Å²) in [5.41, 5.74) is 0.694. The van der Waals surface area contributed by atoms with E-state index in [1.807, 2.05) is 0 Å². The molecule has 25 heavy (non-hydrogen) atoms. The number of nitrogens with zero attached hydrogens (tertiary/aromatic N) is 1. The number of hydrogen-bond acceptors (Lipinski definition) is 6. The molecule has 0 aliphatic carbocycles. The van der Waals surface area contributed by atoms with Gasteiger partial charge in [-0.25, -0.2) is 17.6 Å². The third-order valence-corrected chi connectivity index (χ3v) is 6.82. The van der Waals surface area contributed by atoms with Crippen LogP contribution < -0.4 is 0 Å². The predicted octanol–water partition coefficient (Wildman–Crippen LogP) is 2.44. The first-order chi connectivity index (χ1) is 11.9. The Hall–Kier alpha value is -1.81. The van der Waals surface area contributed by atoms with E-state index in [0.717, 1.165) is 11.3 Å². The third-order valence-electron chi connectivity index (χ3n) is 3.89. The fraction of sp³-hybridized carbons (Fsp3) is 0.312. The highest BCUT2D eigenvalue weighted by molar-refractivity contribution is 7.89. The molecule has 2 aromatic rings. The Bertz CT molecular complexity index is 863. The smallest absolute Gasteiger partial charge is 0.349 e. The van der Waals surface area contributed by atoms with E-state index in [2.05, 4.69) is 4.74 Å². The monoisotopic (exact) mass is 385 g/mol. The van der Waals surface area contributed by atoms with Crippen LogP contribution in [-0.4, -0.2) is 45.5 Å². The van der Waals surface area contributed by atoms with E-state index in [1.165, 1.54) is 35.0 Å². The fourth-order valence-electron chi connectivity index (χ4n) is 2.60. The zero-order valence-electron chi connectivity index (χ0n) is 13.3. The number of methoxy groups -OCH3 is 1. The second-order valence-electron chi connectivity index (χ2n) is 5.38. The lowest BCUT2D eigenvalue weighted by molar-refractivity contribution is -0.00259. The van der Waals surface area contributed by atoms with Crippen molar-refractivity contribution in [3.05, 3.63) is 52.0 Å². The molecule has 2 heterocycles. The van der Waals surface area contributed by atoms with Gasteiger partial charge in [-0.15, -0.1) is 11.3 Å². The first kappa shape index (κ1) is 18.0. The summed E-state index contributed by atoms with van der Waals surface area (Å²) in [7, 11) is -2.66. The van der Waals surface area contributed by atoms with Crippen molar-refractivity contribution in [2.45, 2.75) is 11.0 Å². The minimum atomic E-state index is -3.86. The molecule has 1 atom stereocenters. The van der Waals surface area contributed by atoms with Crippen LogP contribution in [0.1, 0.15) is 21.3 Å². The van der Waals surface area contributed by atoms with Crippen molar-refractivity contribution < 1.29 is 27.1 Å². The normalized spacial score (nSPS) is 18.9. The zero-order chi connectivity index (χ0) is 18.0. The number of thiophene rings is 1. The number of rotatable bonds is 4. The molecule has 0 spiro atoms. The van der Waals surface area contributed by atoms with E-state index < -0.39 is 22.1 Å². The van der Waals surface area contributed by atoms with Crippen molar-refractivity contribution in [3.63, 3.8) is 0 Å². The van der Waals surface area contributed by atoms with Gasteiger partial charge in [-0.3, -0.25) is 0 Å². The molecule has 1 saturated heterocycles. The molecule has 0 unspecified atom stereocenters. The summed E-state index contributed by atoms with van der Waals surface area (Å²) >= 11 is 1.02. The molecule has 0 radical (unpaired) electrons.